The van der Waals surface area contributed by atoms with Crippen molar-refractivity contribution in [1.29, 1.82) is 0 Å². The number of rotatable bonds is 4. The zero-order valence-electron chi connectivity index (χ0n) is 13.5. The van der Waals surface area contributed by atoms with E-state index in [1.54, 1.807) is 16.7 Å². The summed E-state index contributed by atoms with van der Waals surface area (Å²) in [5, 5.41) is 2.94. The van der Waals surface area contributed by atoms with Crippen LogP contribution in [0.15, 0.2) is 30.3 Å². The van der Waals surface area contributed by atoms with Gasteiger partial charge in [0.1, 0.15) is 6.04 Å². The van der Waals surface area contributed by atoms with E-state index in [0.717, 1.165) is 5.56 Å². The SMILES string of the molecule is CC(C)(C)CC(=O)N1CSCC1C(=O)NCc1ccccc1. The minimum atomic E-state index is -0.344. The molecule has 1 saturated heterocycles. The van der Waals surface area contributed by atoms with Crippen LogP contribution >= 0.6 is 11.8 Å². The van der Waals surface area contributed by atoms with Gasteiger partial charge in [-0.2, -0.15) is 0 Å². The molecule has 0 aliphatic carbocycles. The third kappa shape index (κ3) is 4.77. The van der Waals surface area contributed by atoms with Crippen LogP contribution in [-0.2, 0) is 16.1 Å². The quantitative estimate of drug-likeness (QED) is 0.928. The van der Waals surface area contributed by atoms with Crippen molar-refractivity contribution in [2.45, 2.75) is 39.8 Å². The number of hydrogen-bond donors (Lipinski definition) is 1. The van der Waals surface area contributed by atoms with Gasteiger partial charge in [-0.3, -0.25) is 9.59 Å². The highest BCUT2D eigenvalue weighted by molar-refractivity contribution is 7.99. The van der Waals surface area contributed by atoms with E-state index in [2.05, 4.69) is 5.32 Å². The molecule has 1 heterocycles. The summed E-state index contributed by atoms with van der Waals surface area (Å²) in [6.45, 7) is 6.62. The second-order valence-corrected chi connectivity index (χ2v) is 7.82. The standard InChI is InChI=1S/C17H24N2O2S/c1-17(2,3)9-15(20)19-12-22-11-14(19)16(21)18-10-13-7-5-4-6-8-13/h4-8,14H,9-12H2,1-3H3,(H,18,21). The fourth-order valence-corrected chi connectivity index (χ4v) is 3.54. The average molecular weight is 320 g/mol. The average Bonchev–Trinajstić information content (AvgIpc) is 2.93. The summed E-state index contributed by atoms with van der Waals surface area (Å²) >= 11 is 1.64. The van der Waals surface area contributed by atoms with Gasteiger partial charge in [0, 0.05) is 18.7 Å². The summed E-state index contributed by atoms with van der Waals surface area (Å²) in [6.07, 6.45) is 0.468. The normalized spacial score (nSPS) is 18.3. The molecule has 22 heavy (non-hydrogen) atoms. The molecule has 120 valence electrons. The number of nitrogens with one attached hydrogen (secondary N) is 1. The molecule has 2 rings (SSSR count). The maximum atomic E-state index is 12.4. The summed E-state index contributed by atoms with van der Waals surface area (Å²) in [5.74, 6) is 1.29. The van der Waals surface area contributed by atoms with Gasteiger partial charge in [0.25, 0.3) is 0 Å². The van der Waals surface area contributed by atoms with Crippen molar-refractivity contribution in [2.75, 3.05) is 11.6 Å². The lowest BCUT2D eigenvalue weighted by Gasteiger charge is -2.26. The van der Waals surface area contributed by atoms with Crippen molar-refractivity contribution in [2.24, 2.45) is 5.41 Å². The zero-order chi connectivity index (χ0) is 16.2. The molecule has 1 fully saturated rings. The first-order valence-corrected chi connectivity index (χ1v) is 8.71. The van der Waals surface area contributed by atoms with Crippen molar-refractivity contribution >= 4 is 23.6 Å². The molecular formula is C17H24N2O2S. The molecule has 1 unspecified atom stereocenters. The van der Waals surface area contributed by atoms with Crippen molar-refractivity contribution in [3.8, 4) is 0 Å². The summed E-state index contributed by atoms with van der Waals surface area (Å²) in [7, 11) is 0. The fourth-order valence-electron chi connectivity index (χ4n) is 2.36. The molecule has 0 spiro atoms. The first-order chi connectivity index (χ1) is 10.4. The molecule has 4 nitrogen and oxygen atoms in total. The molecule has 5 heteroatoms. The molecule has 2 amide bonds. The molecule has 1 atom stereocenters. The Morgan fingerprint density at radius 3 is 2.59 bits per heavy atom. The Morgan fingerprint density at radius 2 is 1.95 bits per heavy atom. The van der Waals surface area contributed by atoms with E-state index >= 15 is 0 Å². The number of nitrogens with zero attached hydrogens (tertiary/aromatic N) is 1. The summed E-state index contributed by atoms with van der Waals surface area (Å²) in [6, 6.07) is 9.46. The van der Waals surface area contributed by atoms with Crippen LogP contribution in [0.1, 0.15) is 32.8 Å². The lowest BCUT2D eigenvalue weighted by molar-refractivity contribution is -0.139. The van der Waals surface area contributed by atoms with Crippen LogP contribution < -0.4 is 5.32 Å². The molecule has 1 aliphatic heterocycles. The van der Waals surface area contributed by atoms with Gasteiger partial charge in [0.2, 0.25) is 11.8 Å². The third-order valence-electron chi connectivity index (χ3n) is 3.50. The van der Waals surface area contributed by atoms with Crippen molar-refractivity contribution in [3.63, 3.8) is 0 Å². The first kappa shape index (κ1) is 16.9. The van der Waals surface area contributed by atoms with Crippen LogP contribution in [0.4, 0.5) is 0 Å². The number of hydrogen-bond acceptors (Lipinski definition) is 3. The third-order valence-corrected chi connectivity index (χ3v) is 4.51. The molecule has 0 bridgehead atoms. The molecule has 0 saturated carbocycles. The first-order valence-electron chi connectivity index (χ1n) is 7.56. The number of thioether (sulfide) groups is 1. The predicted molar refractivity (Wildman–Crippen MR) is 90.3 cm³/mol. The van der Waals surface area contributed by atoms with Gasteiger partial charge in [-0.1, -0.05) is 51.1 Å². The van der Waals surface area contributed by atoms with Crippen LogP contribution in [0.5, 0.6) is 0 Å². The second-order valence-electron chi connectivity index (χ2n) is 6.82. The van der Waals surface area contributed by atoms with Crippen molar-refractivity contribution in [3.05, 3.63) is 35.9 Å². The summed E-state index contributed by atoms with van der Waals surface area (Å²) in [4.78, 5) is 26.5. The Balaban J connectivity index is 1.92. The molecular weight excluding hydrogens is 296 g/mol. The van der Waals surface area contributed by atoms with Crippen LogP contribution in [0, 0.1) is 5.41 Å². The zero-order valence-corrected chi connectivity index (χ0v) is 14.3. The van der Waals surface area contributed by atoms with Crippen LogP contribution in [-0.4, -0.2) is 34.4 Å². The highest BCUT2D eigenvalue weighted by atomic mass is 32.2. The largest absolute Gasteiger partial charge is 0.350 e. The molecule has 1 N–H and O–H groups in total. The molecule has 0 radical (unpaired) electrons. The number of benzene rings is 1. The highest BCUT2D eigenvalue weighted by Gasteiger charge is 2.35. The van der Waals surface area contributed by atoms with Gasteiger partial charge in [0.05, 0.1) is 5.88 Å². The minimum absolute atomic E-state index is 0.0592. The summed E-state index contributed by atoms with van der Waals surface area (Å²) in [5.41, 5.74) is 1.00. The second kappa shape index (κ2) is 7.18. The van der Waals surface area contributed by atoms with Crippen molar-refractivity contribution < 1.29 is 9.59 Å². The van der Waals surface area contributed by atoms with E-state index in [1.165, 1.54) is 0 Å². The Kier molecular flexibility index (Phi) is 5.51. The smallest absolute Gasteiger partial charge is 0.243 e. The maximum Gasteiger partial charge on any atom is 0.243 e. The predicted octanol–water partition coefficient (Wildman–Crippen LogP) is 2.64. The summed E-state index contributed by atoms with van der Waals surface area (Å²) < 4.78 is 0. The van der Waals surface area contributed by atoms with Crippen LogP contribution in [0.25, 0.3) is 0 Å². The number of carbonyl (C=O) groups excluding carboxylic acids is 2. The fraction of sp³-hybridized carbons (Fsp3) is 0.529. The van der Waals surface area contributed by atoms with E-state index in [0.29, 0.717) is 24.6 Å². The minimum Gasteiger partial charge on any atom is -0.350 e. The lowest BCUT2D eigenvalue weighted by atomic mass is 9.91. The molecule has 1 aromatic rings. The topological polar surface area (TPSA) is 49.4 Å². The number of amides is 2. The van der Waals surface area contributed by atoms with Gasteiger partial charge in [-0.25, -0.2) is 0 Å². The van der Waals surface area contributed by atoms with E-state index in [9.17, 15) is 9.59 Å². The van der Waals surface area contributed by atoms with Crippen molar-refractivity contribution in [1.82, 2.24) is 10.2 Å². The van der Waals surface area contributed by atoms with E-state index in [-0.39, 0.29) is 23.3 Å². The highest BCUT2D eigenvalue weighted by Crippen LogP contribution is 2.26. The van der Waals surface area contributed by atoms with Gasteiger partial charge in [-0.15, -0.1) is 11.8 Å². The Morgan fingerprint density at radius 1 is 1.27 bits per heavy atom. The maximum absolute atomic E-state index is 12.4. The van der Waals surface area contributed by atoms with Gasteiger partial charge in [0.15, 0.2) is 0 Å². The Hall–Kier alpha value is -1.49. The Bertz CT molecular complexity index is 525. The van der Waals surface area contributed by atoms with E-state index in [4.69, 9.17) is 0 Å². The van der Waals surface area contributed by atoms with Crippen LogP contribution in [0.2, 0.25) is 0 Å². The Labute approximate surface area is 136 Å². The van der Waals surface area contributed by atoms with E-state index < -0.39 is 0 Å². The van der Waals surface area contributed by atoms with Crippen LogP contribution in [0.3, 0.4) is 0 Å². The van der Waals surface area contributed by atoms with E-state index in [1.807, 2.05) is 51.1 Å². The lowest BCUT2D eigenvalue weighted by Crippen LogP contribution is -2.47. The number of carbonyl (C=O) groups is 2. The molecule has 1 aromatic carbocycles. The van der Waals surface area contributed by atoms with Gasteiger partial charge < -0.3 is 10.2 Å². The molecule has 1 aliphatic rings. The molecule has 0 aromatic heterocycles. The monoisotopic (exact) mass is 320 g/mol. The van der Waals surface area contributed by atoms with Gasteiger partial charge in [-0.05, 0) is 11.0 Å². The van der Waals surface area contributed by atoms with Gasteiger partial charge >= 0.3 is 0 Å².